The van der Waals surface area contributed by atoms with Crippen molar-refractivity contribution in [3.63, 3.8) is 0 Å². The van der Waals surface area contributed by atoms with Crippen LogP contribution in [0.3, 0.4) is 0 Å². The van der Waals surface area contributed by atoms with Crippen LogP contribution in [0.2, 0.25) is 0 Å². The SMILES string of the molecule is O=C(CCc1ccc2ncsc2c1)OCc1cncc(F)c1. The third-order valence-corrected chi connectivity index (χ3v) is 3.97. The molecule has 2 aromatic heterocycles. The standard InChI is InChI=1S/C16H13FN2O2S/c17-13-5-12(7-18-8-13)9-21-16(20)4-2-11-1-3-14-15(6-11)22-10-19-14/h1,3,5-8,10H,2,4,9H2. The monoisotopic (exact) mass is 316 g/mol. The maximum atomic E-state index is 13.0. The lowest BCUT2D eigenvalue weighted by Crippen LogP contribution is -2.06. The van der Waals surface area contributed by atoms with Crippen LogP contribution < -0.4 is 0 Å². The first-order valence-electron chi connectivity index (χ1n) is 6.78. The summed E-state index contributed by atoms with van der Waals surface area (Å²) in [7, 11) is 0. The fourth-order valence-electron chi connectivity index (χ4n) is 2.07. The van der Waals surface area contributed by atoms with Gasteiger partial charge in [-0.3, -0.25) is 9.78 Å². The van der Waals surface area contributed by atoms with Crippen LogP contribution in [0.5, 0.6) is 0 Å². The predicted octanol–water partition coefficient (Wildman–Crippen LogP) is 3.51. The zero-order valence-electron chi connectivity index (χ0n) is 11.7. The van der Waals surface area contributed by atoms with Crippen LogP contribution in [0.1, 0.15) is 17.5 Å². The number of ether oxygens (including phenoxy) is 1. The molecule has 0 aliphatic rings. The van der Waals surface area contributed by atoms with E-state index in [0.717, 1.165) is 22.0 Å². The van der Waals surface area contributed by atoms with Gasteiger partial charge in [-0.1, -0.05) is 6.07 Å². The van der Waals surface area contributed by atoms with Gasteiger partial charge in [0.1, 0.15) is 12.4 Å². The smallest absolute Gasteiger partial charge is 0.306 e. The van der Waals surface area contributed by atoms with Crippen molar-refractivity contribution in [3.05, 3.63) is 59.1 Å². The summed E-state index contributed by atoms with van der Waals surface area (Å²) in [5.74, 6) is -0.750. The number of esters is 1. The Morgan fingerprint density at radius 3 is 3.00 bits per heavy atom. The Hall–Kier alpha value is -2.34. The fourth-order valence-corrected chi connectivity index (χ4v) is 2.81. The third-order valence-electron chi connectivity index (χ3n) is 3.17. The van der Waals surface area contributed by atoms with Crippen LogP contribution in [0, 0.1) is 5.82 Å². The zero-order chi connectivity index (χ0) is 15.4. The maximum Gasteiger partial charge on any atom is 0.306 e. The van der Waals surface area contributed by atoms with Crippen molar-refractivity contribution < 1.29 is 13.9 Å². The summed E-state index contributed by atoms with van der Waals surface area (Å²) in [5.41, 5.74) is 4.38. The van der Waals surface area contributed by atoms with Gasteiger partial charge in [0.2, 0.25) is 0 Å². The highest BCUT2D eigenvalue weighted by Gasteiger charge is 2.06. The predicted molar refractivity (Wildman–Crippen MR) is 81.9 cm³/mol. The number of halogens is 1. The van der Waals surface area contributed by atoms with E-state index in [-0.39, 0.29) is 19.0 Å². The summed E-state index contributed by atoms with van der Waals surface area (Å²) < 4.78 is 19.2. The van der Waals surface area contributed by atoms with Crippen LogP contribution in [0.4, 0.5) is 4.39 Å². The van der Waals surface area contributed by atoms with Gasteiger partial charge in [0.25, 0.3) is 0 Å². The minimum atomic E-state index is -0.439. The topological polar surface area (TPSA) is 52.1 Å². The van der Waals surface area contributed by atoms with Crippen LogP contribution in [-0.2, 0) is 22.6 Å². The minimum Gasteiger partial charge on any atom is -0.461 e. The highest BCUT2D eigenvalue weighted by Crippen LogP contribution is 2.20. The maximum absolute atomic E-state index is 13.0. The number of thiazole rings is 1. The van der Waals surface area contributed by atoms with Crippen molar-refractivity contribution in [1.29, 1.82) is 0 Å². The molecule has 2 heterocycles. The first-order valence-corrected chi connectivity index (χ1v) is 7.66. The molecule has 0 amide bonds. The van der Waals surface area contributed by atoms with E-state index in [1.165, 1.54) is 12.3 Å². The molecule has 0 saturated heterocycles. The van der Waals surface area contributed by atoms with E-state index in [4.69, 9.17) is 4.74 Å². The summed E-state index contributed by atoms with van der Waals surface area (Å²) in [4.78, 5) is 19.7. The second-order valence-electron chi connectivity index (χ2n) is 4.83. The van der Waals surface area contributed by atoms with Gasteiger partial charge >= 0.3 is 5.97 Å². The van der Waals surface area contributed by atoms with E-state index >= 15 is 0 Å². The summed E-state index contributed by atoms with van der Waals surface area (Å²) in [6.07, 6.45) is 3.48. The quantitative estimate of drug-likeness (QED) is 0.676. The van der Waals surface area contributed by atoms with Gasteiger partial charge in [0, 0.05) is 18.2 Å². The normalized spacial score (nSPS) is 10.8. The first kappa shape index (κ1) is 14.6. The second-order valence-corrected chi connectivity index (χ2v) is 5.71. The highest BCUT2D eigenvalue weighted by molar-refractivity contribution is 7.16. The molecule has 0 N–H and O–H groups in total. The molecule has 0 aliphatic heterocycles. The average Bonchev–Trinajstić information content (AvgIpc) is 2.98. The Balaban J connectivity index is 1.51. The lowest BCUT2D eigenvalue weighted by atomic mass is 10.1. The summed E-state index contributed by atoms with van der Waals surface area (Å²) in [5, 5.41) is 0. The number of rotatable bonds is 5. The Kier molecular flexibility index (Phi) is 4.39. The molecule has 3 rings (SSSR count). The molecular formula is C16H13FN2O2S. The van der Waals surface area contributed by atoms with Crippen molar-refractivity contribution in [2.24, 2.45) is 0 Å². The number of aryl methyl sites for hydroxylation is 1. The van der Waals surface area contributed by atoms with Crippen LogP contribution in [-0.4, -0.2) is 15.9 Å². The zero-order valence-corrected chi connectivity index (χ0v) is 12.5. The Morgan fingerprint density at radius 2 is 2.14 bits per heavy atom. The molecule has 0 unspecified atom stereocenters. The fraction of sp³-hybridized carbons (Fsp3) is 0.188. The van der Waals surface area contributed by atoms with Crippen molar-refractivity contribution >= 4 is 27.5 Å². The Morgan fingerprint density at radius 1 is 1.23 bits per heavy atom. The average molecular weight is 316 g/mol. The summed E-state index contributed by atoms with van der Waals surface area (Å²) in [6.45, 7) is 0.0392. The molecule has 0 spiro atoms. The molecule has 0 atom stereocenters. The van der Waals surface area contributed by atoms with Gasteiger partial charge in [-0.05, 0) is 30.2 Å². The van der Waals surface area contributed by atoms with Crippen molar-refractivity contribution in [1.82, 2.24) is 9.97 Å². The largest absolute Gasteiger partial charge is 0.461 e. The number of fused-ring (bicyclic) bond motifs is 1. The van der Waals surface area contributed by atoms with Crippen molar-refractivity contribution in [2.75, 3.05) is 0 Å². The molecule has 6 heteroatoms. The summed E-state index contributed by atoms with van der Waals surface area (Å²) >= 11 is 1.57. The Labute approximate surface area is 130 Å². The number of benzene rings is 1. The molecular weight excluding hydrogens is 303 g/mol. The number of hydrogen-bond acceptors (Lipinski definition) is 5. The van der Waals surface area contributed by atoms with Gasteiger partial charge in [0.15, 0.2) is 0 Å². The molecule has 1 aromatic carbocycles. The molecule has 0 fully saturated rings. The van der Waals surface area contributed by atoms with Crippen LogP contribution >= 0.6 is 11.3 Å². The van der Waals surface area contributed by atoms with E-state index in [1.807, 2.05) is 18.2 Å². The van der Waals surface area contributed by atoms with Crippen LogP contribution in [0.25, 0.3) is 10.2 Å². The van der Waals surface area contributed by atoms with Gasteiger partial charge in [-0.15, -0.1) is 11.3 Å². The number of aromatic nitrogens is 2. The summed E-state index contributed by atoms with van der Waals surface area (Å²) in [6, 6.07) is 7.26. The Bertz CT molecular complexity index is 803. The number of hydrogen-bond donors (Lipinski definition) is 0. The highest BCUT2D eigenvalue weighted by atomic mass is 32.1. The van der Waals surface area contributed by atoms with Crippen molar-refractivity contribution in [3.8, 4) is 0 Å². The molecule has 0 aliphatic carbocycles. The van der Waals surface area contributed by atoms with Crippen LogP contribution in [0.15, 0.2) is 42.2 Å². The molecule has 4 nitrogen and oxygen atoms in total. The van der Waals surface area contributed by atoms with Crippen molar-refractivity contribution in [2.45, 2.75) is 19.4 Å². The number of pyridine rings is 1. The molecule has 0 bridgehead atoms. The van der Waals surface area contributed by atoms with Gasteiger partial charge in [-0.25, -0.2) is 9.37 Å². The molecule has 0 radical (unpaired) electrons. The van der Waals surface area contributed by atoms with E-state index in [2.05, 4.69) is 9.97 Å². The molecule has 0 saturated carbocycles. The molecule has 3 aromatic rings. The number of carbonyl (C=O) groups is 1. The lowest BCUT2D eigenvalue weighted by molar-refractivity contribution is -0.144. The number of nitrogens with zero attached hydrogens (tertiary/aromatic N) is 2. The van der Waals surface area contributed by atoms with E-state index in [0.29, 0.717) is 12.0 Å². The lowest BCUT2D eigenvalue weighted by Gasteiger charge is -2.05. The van der Waals surface area contributed by atoms with Gasteiger partial charge < -0.3 is 4.74 Å². The number of carbonyl (C=O) groups excluding carboxylic acids is 1. The van der Waals surface area contributed by atoms with E-state index < -0.39 is 5.82 Å². The third kappa shape index (κ3) is 3.65. The second kappa shape index (κ2) is 6.62. The van der Waals surface area contributed by atoms with E-state index in [1.54, 1.807) is 16.8 Å². The first-order chi connectivity index (χ1) is 10.7. The van der Waals surface area contributed by atoms with Gasteiger partial charge in [0.05, 0.1) is 21.9 Å². The minimum absolute atomic E-state index is 0.0392. The van der Waals surface area contributed by atoms with Gasteiger partial charge in [-0.2, -0.15) is 0 Å². The molecule has 22 heavy (non-hydrogen) atoms. The molecule has 112 valence electrons. The van der Waals surface area contributed by atoms with E-state index in [9.17, 15) is 9.18 Å².